The highest BCUT2D eigenvalue weighted by Crippen LogP contribution is 2.26. The van der Waals surface area contributed by atoms with Crippen molar-refractivity contribution in [2.24, 2.45) is 5.92 Å². The highest BCUT2D eigenvalue weighted by molar-refractivity contribution is 6.42. The molecule has 1 aromatic carbocycles. The molecule has 1 amide bonds. The van der Waals surface area contributed by atoms with Gasteiger partial charge in [-0.2, -0.15) is 0 Å². The van der Waals surface area contributed by atoms with Crippen molar-refractivity contribution in [1.82, 2.24) is 10.2 Å². The van der Waals surface area contributed by atoms with Crippen LogP contribution in [0.15, 0.2) is 18.2 Å². The molecule has 0 bridgehead atoms. The van der Waals surface area contributed by atoms with Crippen molar-refractivity contribution in [2.75, 3.05) is 20.1 Å². The summed E-state index contributed by atoms with van der Waals surface area (Å²) in [6.07, 6.45) is 2.78. The molecule has 1 aliphatic heterocycles. The summed E-state index contributed by atoms with van der Waals surface area (Å²) in [5, 5.41) is 4.38. The Kier molecular flexibility index (Phi) is 7.82. The summed E-state index contributed by atoms with van der Waals surface area (Å²) in [4.78, 5) is 14.0. The molecule has 118 valence electrons. The molecule has 1 aromatic rings. The van der Waals surface area contributed by atoms with E-state index in [0.29, 0.717) is 28.9 Å². The number of piperidine rings is 1. The van der Waals surface area contributed by atoms with E-state index in [9.17, 15) is 4.79 Å². The van der Waals surface area contributed by atoms with Gasteiger partial charge in [-0.1, -0.05) is 35.3 Å². The Hall–Kier alpha value is -0.480. The van der Waals surface area contributed by atoms with Gasteiger partial charge in [-0.05, 0) is 43.5 Å². The molecule has 0 unspecified atom stereocenters. The van der Waals surface area contributed by atoms with Gasteiger partial charge in [0.2, 0.25) is 5.91 Å². The Morgan fingerprint density at radius 2 is 2.00 bits per heavy atom. The van der Waals surface area contributed by atoms with Crippen molar-refractivity contribution in [2.45, 2.75) is 25.8 Å². The van der Waals surface area contributed by atoms with E-state index in [-0.39, 0.29) is 18.3 Å². The number of nitrogens with one attached hydrogen (secondary N) is 1. The highest BCUT2D eigenvalue weighted by atomic mass is 35.5. The molecule has 1 saturated heterocycles. The van der Waals surface area contributed by atoms with Gasteiger partial charge in [0.15, 0.2) is 0 Å². The maximum Gasteiger partial charge on any atom is 0.222 e. The molecular weight excluding hydrogens is 331 g/mol. The van der Waals surface area contributed by atoms with Crippen LogP contribution in [0.5, 0.6) is 0 Å². The predicted octanol–water partition coefficient (Wildman–Crippen LogP) is 3.76. The Labute approximate surface area is 142 Å². The van der Waals surface area contributed by atoms with Crippen LogP contribution in [-0.4, -0.2) is 30.9 Å². The maximum absolute atomic E-state index is 12.2. The van der Waals surface area contributed by atoms with E-state index >= 15 is 0 Å². The summed E-state index contributed by atoms with van der Waals surface area (Å²) in [6, 6.07) is 5.52. The lowest BCUT2D eigenvalue weighted by Crippen LogP contribution is -2.33. The molecule has 21 heavy (non-hydrogen) atoms. The molecule has 0 radical (unpaired) electrons. The van der Waals surface area contributed by atoms with E-state index in [2.05, 4.69) is 5.32 Å². The minimum atomic E-state index is 0. The minimum Gasteiger partial charge on any atom is -0.341 e. The second-order valence-corrected chi connectivity index (χ2v) is 6.15. The Morgan fingerprint density at radius 1 is 1.33 bits per heavy atom. The molecule has 6 heteroatoms. The molecule has 0 aromatic heterocycles. The van der Waals surface area contributed by atoms with Crippen LogP contribution in [0.25, 0.3) is 0 Å². The largest absolute Gasteiger partial charge is 0.341 e. The molecule has 3 nitrogen and oxygen atoms in total. The third-order valence-electron chi connectivity index (χ3n) is 3.79. The fraction of sp³-hybridized carbons (Fsp3) is 0.533. The van der Waals surface area contributed by atoms with Gasteiger partial charge >= 0.3 is 0 Å². The predicted molar refractivity (Wildman–Crippen MR) is 90.4 cm³/mol. The topological polar surface area (TPSA) is 32.3 Å². The normalized spacial score (nSPS) is 15.4. The van der Waals surface area contributed by atoms with Crippen LogP contribution in [0, 0.1) is 5.92 Å². The quantitative estimate of drug-likeness (QED) is 0.895. The standard InChI is InChI=1S/C15H20Cl2N2O.ClH/c1-19(10-12-3-2-4-13(16)15(12)17)14(20)9-11-5-7-18-8-6-11;/h2-4,11,18H,5-10H2,1H3;1H. The number of hydrogen-bond acceptors (Lipinski definition) is 2. The van der Waals surface area contributed by atoms with Crippen LogP contribution in [0.2, 0.25) is 10.0 Å². The fourth-order valence-corrected chi connectivity index (χ4v) is 2.88. The number of hydrogen-bond donors (Lipinski definition) is 1. The zero-order valence-electron chi connectivity index (χ0n) is 12.1. The third kappa shape index (κ3) is 5.33. The highest BCUT2D eigenvalue weighted by Gasteiger charge is 2.19. The van der Waals surface area contributed by atoms with Gasteiger partial charge in [-0.25, -0.2) is 0 Å². The Morgan fingerprint density at radius 3 is 2.67 bits per heavy atom. The van der Waals surface area contributed by atoms with Crippen LogP contribution in [0.3, 0.4) is 0 Å². The average molecular weight is 352 g/mol. The summed E-state index contributed by atoms with van der Waals surface area (Å²) in [6.45, 7) is 2.53. The monoisotopic (exact) mass is 350 g/mol. The molecule has 0 aliphatic carbocycles. The van der Waals surface area contributed by atoms with Crippen molar-refractivity contribution in [3.05, 3.63) is 33.8 Å². The van der Waals surface area contributed by atoms with Gasteiger partial charge < -0.3 is 10.2 Å². The molecule has 1 heterocycles. The molecule has 0 spiro atoms. The van der Waals surface area contributed by atoms with Crippen LogP contribution in [0.1, 0.15) is 24.8 Å². The van der Waals surface area contributed by atoms with Gasteiger partial charge in [-0.15, -0.1) is 12.4 Å². The lowest BCUT2D eigenvalue weighted by molar-refractivity contribution is -0.131. The summed E-state index contributed by atoms with van der Waals surface area (Å²) in [5.41, 5.74) is 0.889. The SMILES string of the molecule is CN(Cc1cccc(Cl)c1Cl)C(=O)CC1CCNCC1.Cl. The summed E-state index contributed by atoms with van der Waals surface area (Å²) in [7, 11) is 1.82. The second-order valence-electron chi connectivity index (χ2n) is 5.36. The number of benzene rings is 1. The van der Waals surface area contributed by atoms with Crippen LogP contribution in [0.4, 0.5) is 0 Å². The van der Waals surface area contributed by atoms with Gasteiger partial charge in [0.1, 0.15) is 0 Å². The van der Waals surface area contributed by atoms with Crippen molar-refractivity contribution in [3.63, 3.8) is 0 Å². The van der Waals surface area contributed by atoms with Crippen molar-refractivity contribution >= 4 is 41.5 Å². The van der Waals surface area contributed by atoms with Crippen LogP contribution < -0.4 is 5.32 Å². The van der Waals surface area contributed by atoms with E-state index in [0.717, 1.165) is 31.5 Å². The lowest BCUT2D eigenvalue weighted by Gasteiger charge is -2.25. The van der Waals surface area contributed by atoms with Gasteiger partial charge in [0.05, 0.1) is 10.0 Å². The zero-order chi connectivity index (χ0) is 14.5. The molecule has 1 aliphatic rings. The van der Waals surface area contributed by atoms with E-state index in [1.165, 1.54) is 0 Å². The second kappa shape index (κ2) is 8.84. The smallest absolute Gasteiger partial charge is 0.222 e. The summed E-state index contributed by atoms with van der Waals surface area (Å²) < 4.78 is 0. The fourth-order valence-electron chi connectivity index (χ4n) is 2.50. The van der Waals surface area contributed by atoms with Crippen molar-refractivity contribution in [3.8, 4) is 0 Å². The van der Waals surface area contributed by atoms with Gasteiger partial charge in [0.25, 0.3) is 0 Å². The van der Waals surface area contributed by atoms with E-state index in [1.807, 2.05) is 19.2 Å². The summed E-state index contributed by atoms with van der Waals surface area (Å²) >= 11 is 12.1. The zero-order valence-corrected chi connectivity index (χ0v) is 14.4. The first kappa shape index (κ1) is 18.6. The molecule has 1 fully saturated rings. The van der Waals surface area contributed by atoms with E-state index < -0.39 is 0 Å². The Bertz CT molecular complexity index is 476. The molecular formula is C15H21Cl3N2O. The van der Waals surface area contributed by atoms with Crippen LogP contribution in [-0.2, 0) is 11.3 Å². The first-order chi connectivity index (χ1) is 9.58. The third-order valence-corrected chi connectivity index (χ3v) is 4.64. The molecule has 0 saturated carbocycles. The van der Waals surface area contributed by atoms with E-state index in [1.54, 1.807) is 11.0 Å². The van der Waals surface area contributed by atoms with E-state index in [4.69, 9.17) is 23.2 Å². The number of amides is 1. The molecule has 2 rings (SSSR count). The Balaban J connectivity index is 0.00000220. The van der Waals surface area contributed by atoms with Crippen molar-refractivity contribution in [1.29, 1.82) is 0 Å². The molecule has 0 atom stereocenters. The van der Waals surface area contributed by atoms with Gasteiger partial charge in [0, 0.05) is 20.0 Å². The average Bonchev–Trinajstić information content (AvgIpc) is 2.45. The van der Waals surface area contributed by atoms with Crippen molar-refractivity contribution < 1.29 is 4.79 Å². The number of halogens is 3. The number of carbonyl (C=O) groups excluding carboxylic acids is 1. The van der Waals surface area contributed by atoms with Crippen LogP contribution >= 0.6 is 35.6 Å². The summed E-state index contributed by atoms with van der Waals surface area (Å²) in [5.74, 6) is 0.675. The minimum absolute atomic E-state index is 0. The first-order valence-corrected chi connectivity index (χ1v) is 7.71. The number of nitrogens with zero attached hydrogens (tertiary/aromatic N) is 1. The number of rotatable bonds is 4. The first-order valence-electron chi connectivity index (χ1n) is 6.95. The maximum atomic E-state index is 12.2. The molecule has 1 N–H and O–H groups in total. The number of carbonyl (C=O) groups is 1. The van der Waals surface area contributed by atoms with Gasteiger partial charge in [-0.3, -0.25) is 4.79 Å². The lowest BCUT2D eigenvalue weighted by atomic mass is 9.94.